The fourth-order valence-electron chi connectivity index (χ4n) is 3.48. The third kappa shape index (κ3) is 6.55. The van der Waals surface area contributed by atoms with E-state index in [9.17, 15) is 36.6 Å². The first-order valence-electron chi connectivity index (χ1n) is 10.6. The topological polar surface area (TPSA) is 149 Å². The zero-order valence-electron chi connectivity index (χ0n) is 19.0. The summed E-state index contributed by atoms with van der Waals surface area (Å²) in [6.45, 7) is -2.39. The van der Waals surface area contributed by atoms with Crippen LogP contribution in [0.1, 0.15) is 11.1 Å². The van der Waals surface area contributed by atoms with Crippen LogP contribution in [-0.2, 0) is 42.7 Å². The Bertz CT molecular complexity index is 1320. The number of aliphatic carboxylic acids is 2. The van der Waals surface area contributed by atoms with Crippen molar-refractivity contribution in [2.24, 2.45) is 0 Å². The molecule has 0 saturated carbocycles. The molecule has 3 rings (SSSR count). The summed E-state index contributed by atoms with van der Waals surface area (Å²) in [7, 11) is -8.41. The van der Waals surface area contributed by atoms with Gasteiger partial charge in [0.1, 0.15) is 13.1 Å². The van der Waals surface area contributed by atoms with Gasteiger partial charge in [-0.1, -0.05) is 60.7 Å². The molecule has 3 aromatic carbocycles. The van der Waals surface area contributed by atoms with Crippen molar-refractivity contribution >= 4 is 32.0 Å². The Labute approximate surface area is 209 Å². The van der Waals surface area contributed by atoms with Crippen LogP contribution in [0.15, 0.2) is 94.7 Å². The predicted molar refractivity (Wildman–Crippen MR) is 130 cm³/mol. The van der Waals surface area contributed by atoms with Crippen LogP contribution in [0.3, 0.4) is 0 Å². The van der Waals surface area contributed by atoms with Gasteiger partial charge in [-0.15, -0.1) is 0 Å². The van der Waals surface area contributed by atoms with Gasteiger partial charge in [-0.2, -0.15) is 8.61 Å². The van der Waals surface area contributed by atoms with E-state index in [1.54, 1.807) is 36.4 Å². The van der Waals surface area contributed by atoms with Gasteiger partial charge in [0.15, 0.2) is 0 Å². The van der Waals surface area contributed by atoms with Gasteiger partial charge >= 0.3 is 11.9 Å². The smallest absolute Gasteiger partial charge is 0.318 e. The molecule has 0 radical (unpaired) electrons. The Morgan fingerprint density at radius 3 is 1.17 bits per heavy atom. The predicted octanol–water partition coefficient (Wildman–Crippen LogP) is 2.24. The molecular formula is C24H24N2O8S2. The number of carboxylic acids is 2. The third-order valence-electron chi connectivity index (χ3n) is 5.20. The molecule has 0 atom stereocenters. The van der Waals surface area contributed by atoms with Crippen molar-refractivity contribution in [2.75, 3.05) is 13.1 Å². The number of sulfonamides is 2. The lowest BCUT2D eigenvalue weighted by molar-refractivity contribution is -0.138. The van der Waals surface area contributed by atoms with Crippen molar-refractivity contribution in [3.63, 3.8) is 0 Å². The van der Waals surface area contributed by atoms with E-state index in [2.05, 4.69) is 0 Å². The number of nitrogens with zero attached hydrogens (tertiary/aromatic N) is 2. The molecule has 0 amide bonds. The SMILES string of the molecule is O=C(O)CN(Cc1ccccc1CN(CC(=O)O)S(=O)(=O)c1ccccc1)S(=O)(=O)c1ccccc1. The standard InChI is InChI=1S/C24H24N2O8S2/c27-23(28)17-25(35(31,32)21-11-3-1-4-12-21)15-19-9-7-8-10-20(19)16-26(18-24(29)30)36(33,34)22-13-5-2-6-14-22/h1-14H,15-18H2,(H,27,28)(H,29,30). The zero-order valence-corrected chi connectivity index (χ0v) is 20.6. The van der Waals surface area contributed by atoms with Crippen molar-refractivity contribution in [3.8, 4) is 0 Å². The van der Waals surface area contributed by atoms with Crippen LogP contribution in [-0.4, -0.2) is 60.7 Å². The highest BCUT2D eigenvalue weighted by atomic mass is 32.2. The van der Waals surface area contributed by atoms with Crippen molar-refractivity contribution < 1.29 is 36.6 Å². The molecule has 0 saturated heterocycles. The molecule has 190 valence electrons. The Kier molecular flexibility index (Phi) is 8.58. The number of hydrogen-bond donors (Lipinski definition) is 2. The second kappa shape index (κ2) is 11.4. The van der Waals surface area contributed by atoms with E-state index in [0.29, 0.717) is 11.1 Å². The van der Waals surface area contributed by atoms with Crippen molar-refractivity contribution in [3.05, 3.63) is 96.1 Å². The number of carboxylic acid groups (broad SMARTS) is 2. The molecule has 10 nitrogen and oxygen atoms in total. The summed E-state index contributed by atoms with van der Waals surface area (Å²) in [5.74, 6) is -2.74. The first-order chi connectivity index (χ1) is 17.0. The van der Waals surface area contributed by atoms with Crippen LogP contribution in [0, 0.1) is 0 Å². The quantitative estimate of drug-likeness (QED) is 0.361. The Morgan fingerprint density at radius 2 is 0.861 bits per heavy atom. The summed E-state index contributed by atoms with van der Waals surface area (Å²) in [5, 5.41) is 18.7. The summed E-state index contributed by atoms with van der Waals surface area (Å²) < 4.78 is 54.2. The maximum Gasteiger partial charge on any atom is 0.318 e. The molecule has 2 N–H and O–H groups in total. The van der Waals surface area contributed by atoms with Crippen molar-refractivity contribution in [1.29, 1.82) is 0 Å². The van der Waals surface area contributed by atoms with Crippen molar-refractivity contribution in [1.82, 2.24) is 8.61 Å². The summed E-state index contributed by atoms with van der Waals surface area (Å²) in [6.07, 6.45) is 0. The van der Waals surface area contributed by atoms with E-state index in [-0.39, 0.29) is 22.9 Å². The number of hydrogen-bond acceptors (Lipinski definition) is 6. The van der Waals surface area contributed by atoms with E-state index < -0.39 is 45.1 Å². The normalized spacial score (nSPS) is 12.1. The first kappa shape index (κ1) is 27.0. The fraction of sp³-hybridized carbons (Fsp3) is 0.167. The minimum atomic E-state index is -4.20. The fourth-order valence-corrected chi connectivity index (χ4v) is 6.26. The molecule has 0 unspecified atom stereocenters. The number of benzene rings is 3. The molecule has 3 aromatic rings. The molecule has 0 aliphatic carbocycles. The van der Waals surface area contributed by atoms with Crippen LogP contribution in [0.4, 0.5) is 0 Å². The lowest BCUT2D eigenvalue weighted by Crippen LogP contribution is -2.37. The Hall–Kier alpha value is -3.58. The highest BCUT2D eigenvalue weighted by Crippen LogP contribution is 2.23. The van der Waals surface area contributed by atoms with E-state index in [4.69, 9.17) is 0 Å². The van der Waals surface area contributed by atoms with E-state index in [0.717, 1.165) is 8.61 Å². The maximum absolute atomic E-state index is 13.2. The van der Waals surface area contributed by atoms with Crippen LogP contribution in [0.5, 0.6) is 0 Å². The Morgan fingerprint density at radius 1 is 0.556 bits per heavy atom. The van der Waals surface area contributed by atoms with Gasteiger partial charge in [0.25, 0.3) is 0 Å². The van der Waals surface area contributed by atoms with Gasteiger partial charge < -0.3 is 10.2 Å². The largest absolute Gasteiger partial charge is 0.480 e. The molecular weight excluding hydrogens is 508 g/mol. The zero-order chi connectivity index (χ0) is 26.3. The second-order valence-electron chi connectivity index (χ2n) is 7.73. The average Bonchev–Trinajstić information content (AvgIpc) is 2.85. The van der Waals surface area contributed by atoms with E-state index >= 15 is 0 Å². The molecule has 0 fully saturated rings. The highest BCUT2D eigenvalue weighted by Gasteiger charge is 2.30. The lowest BCUT2D eigenvalue weighted by atomic mass is 10.1. The van der Waals surface area contributed by atoms with Gasteiger partial charge in [-0.3, -0.25) is 9.59 Å². The van der Waals surface area contributed by atoms with Crippen LogP contribution >= 0.6 is 0 Å². The molecule has 0 aromatic heterocycles. The molecule has 0 aliphatic rings. The Balaban J connectivity index is 1.99. The number of rotatable bonds is 12. The average molecular weight is 533 g/mol. The van der Waals surface area contributed by atoms with Gasteiger partial charge in [-0.25, -0.2) is 16.8 Å². The van der Waals surface area contributed by atoms with Gasteiger partial charge in [0.05, 0.1) is 9.79 Å². The van der Waals surface area contributed by atoms with Crippen LogP contribution in [0.2, 0.25) is 0 Å². The summed E-state index contributed by atoms with van der Waals surface area (Å²) in [5.41, 5.74) is 0.661. The lowest BCUT2D eigenvalue weighted by Gasteiger charge is -2.24. The minimum absolute atomic E-state index is 0.0945. The first-order valence-corrected chi connectivity index (χ1v) is 13.5. The highest BCUT2D eigenvalue weighted by molar-refractivity contribution is 7.89. The molecule has 36 heavy (non-hydrogen) atoms. The van der Waals surface area contributed by atoms with Crippen LogP contribution < -0.4 is 0 Å². The summed E-state index contributed by atoms with van der Waals surface area (Å²) in [4.78, 5) is 22.8. The maximum atomic E-state index is 13.2. The third-order valence-corrected chi connectivity index (χ3v) is 8.81. The second-order valence-corrected chi connectivity index (χ2v) is 11.6. The van der Waals surface area contributed by atoms with Crippen molar-refractivity contribution in [2.45, 2.75) is 22.9 Å². The number of carbonyl (C=O) groups is 2. The molecule has 0 aliphatic heterocycles. The minimum Gasteiger partial charge on any atom is -0.480 e. The van der Waals surface area contributed by atoms with Gasteiger partial charge in [0.2, 0.25) is 20.0 Å². The molecule has 12 heteroatoms. The molecule has 0 spiro atoms. The van der Waals surface area contributed by atoms with Gasteiger partial charge in [-0.05, 0) is 35.4 Å². The molecule has 0 heterocycles. The van der Waals surface area contributed by atoms with E-state index in [1.807, 2.05) is 0 Å². The van der Waals surface area contributed by atoms with E-state index in [1.165, 1.54) is 48.5 Å². The van der Waals surface area contributed by atoms with Crippen LogP contribution in [0.25, 0.3) is 0 Å². The summed E-state index contributed by atoms with van der Waals surface area (Å²) in [6, 6.07) is 21.0. The monoisotopic (exact) mass is 532 g/mol. The van der Waals surface area contributed by atoms with Gasteiger partial charge in [0, 0.05) is 13.1 Å². The summed E-state index contributed by atoms with van der Waals surface area (Å²) >= 11 is 0. The molecule has 0 bridgehead atoms.